The minimum Gasteiger partial charge on any atom is -0.472 e. The third kappa shape index (κ3) is 2.88. The molecule has 7 heteroatoms. The van der Waals surface area contributed by atoms with E-state index in [0.717, 1.165) is 11.1 Å². The number of carbonyl (C=O) groups is 2. The van der Waals surface area contributed by atoms with E-state index in [-0.39, 0.29) is 23.7 Å². The topological polar surface area (TPSA) is 63.0 Å². The molecule has 1 aromatic heterocycles. The number of halogens is 1. The van der Waals surface area contributed by atoms with Crippen LogP contribution >= 0.6 is 0 Å². The average molecular weight is 396 g/mol. The van der Waals surface area contributed by atoms with E-state index in [1.807, 2.05) is 18.2 Å². The summed E-state index contributed by atoms with van der Waals surface area (Å²) in [5.41, 5.74) is 0.985. The molecule has 0 N–H and O–H groups in total. The van der Waals surface area contributed by atoms with Crippen molar-refractivity contribution >= 4 is 11.8 Å². The van der Waals surface area contributed by atoms with E-state index in [9.17, 15) is 14.0 Å². The number of fused-ring (bicyclic) bond motifs is 1. The van der Waals surface area contributed by atoms with Gasteiger partial charge in [-0.3, -0.25) is 9.59 Å². The summed E-state index contributed by atoms with van der Waals surface area (Å²) in [7, 11) is 1.73. The molecule has 2 saturated heterocycles. The van der Waals surface area contributed by atoms with E-state index >= 15 is 0 Å². The molecule has 0 radical (unpaired) electrons. The molecular weight excluding hydrogens is 375 g/mol. The summed E-state index contributed by atoms with van der Waals surface area (Å²) in [5.74, 6) is -1.58. The van der Waals surface area contributed by atoms with Crippen molar-refractivity contribution in [3.8, 4) is 0 Å². The van der Waals surface area contributed by atoms with E-state index in [4.69, 9.17) is 9.15 Å². The Hall–Kier alpha value is -2.93. The first kappa shape index (κ1) is 18.1. The second kappa shape index (κ2) is 6.56. The van der Waals surface area contributed by atoms with Gasteiger partial charge >= 0.3 is 0 Å². The fourth-order valence-electron chi connectivity index (χ4n) is 4.79. The molecule has 2 aromatic rings. The fraction of sp³-hybridized carbons (Fsp3) is 0.364. The summed E-state index contributed by atoms with van der Waals surface area (Å²) in [5, 5.41) is 0. The van der Waals surface area contributed by atoms with E-state index in [0.29, 0.717) is 19.6 Å². The van der Waals surface area contributed by atoms with E-state index in [1.165, 1.54) is 12.1 Å². The molecule has 1 spiro atoms. The number of likely N-dealkylation sites (tertiary alicyclic amines) is 1. The van der Waals surface area contributed by atoms with Gasteiger partial charge in [-0.05, 0) is 23.8 Å². The Morgan fingerprint density at radius 2 is 2.07 bits per heavy atom. The summed E-state index contributed by atoms with van der Waals surface area (Å²) in [6.45, 7) is 1.18. The first-order chi connectivity index (χ1) is 14.0. The van der Waals surface area contributed by atoms with Gasteiger partial charge in [0, 0.05) is 25.7 Å². The van der Waals surface area contributed by atoms with Crippen LogP contribution in [0.5, 0.6) is 0 Å². The molecule has 5 rings (SSSR count). The van der Waals surface area contributed by atoms with Gasteiger partial charge in [0.05, 0.1) is 37.0 Å². The zero-order chi connectivity index (χ0) is 20.2. The first-order valence-electron chi connectivity index (χ1n) is 9.63. The lowest BCUT2D eigenvalue weighted by Gasteiger charge is -2.27. The van der Waals surface area contributed by atoms with Gasteiger partial charge in [0.1, 0.15) is 11.4 Å². The molecule has 29 heavy (non-hydrogen) atoms. The Morgan fingerprint density at radius 3 is 2.79 bits per heavy atom. The summed E-state index contributed by atoms with van der Waals surface area (Å²) in [4.78, 5) is 29.8. The molecule has 0 aliphatic carbocycles. The van der Waals surface area contributed by atoms with E-state index < -0.39 is 17.4 Å². The number of hydrogen-bond acceptors (Lipinski definition) is 4. The highest BCUT2D eigenvalue weighted by atomic mass is 19.1. The van der Waals surface area contributed by atoms with Crippen molar-refractivity contribution in [3.63, 3.8) is 0 Å². The lowest BCUT2D eigenvalue weighted by Crippen LogP contribution is -2.44. The maximum absolute atomic E-state index is 13.2. The SMILES string of the molecule is CN(Cc1ccoc1)C(=O)C1C2C(=O)N(Cc3ccc(F)cc3)C[C@]23C=C[C@H]1O3. The van der Waals surface area contributed by atoms with Gasteiger partial charge in [-0.1, -0.05) is 24.3 Å². The minimum atomic E-state index is -0.751. The van der Waals surface area contributed by atoms with Gasteiger partial charge in [-0.15, -0.1) is 0 Å². The van der Waals surface area contributed by atoms with Crippen LogP contribution < -0.4 is 0 Å². The number of hydrogen-bond donors (Lipinski definition) is 0. The van der Waals surface area contributed by atoms with Crippen molar-refractivity contribution in [2.24, 2.45) is 11.8 Å². The smallest absolute Gasteiger partial charge is 0.230 e. The molecule has 0 saturated carbocycles. The number of furan rings is 1. The number of carbonyl (C=O) groups excluding carboxylic acids is 2. The molecule has 4 heterocycles. The van der Waals surface area contributed by atoms with Crippen molar-refractivity contribution in [3.05, 3.63) is 72.0 Å². The van der Waals surface area contributed by atoms with Crippen LogP contribution in [0.4, 0.5) is 4.39 Å². The van der Waals surface area contributed by atoms with Crippen LogP contribution in [0.3, 0.4) is 0 Å². The molecule has 2 unspecified atom stereocenters. The molecule has 2 fully saturated rings. The van der Waals surface area contributed by atoms with Crippen LogP contribution in [-0.4, -0.2) is 46.9 Å². The maximum atomic E-state index is 13.2. The Kier molecular flexibility index (Phi) is 4.10. The standard InChI is InChI=1S/C22H21FN2O4/c1-24(10-15-7-9-28-12-15)20(26)18-17-6-8-22(29-17)13-25(21(27)19(18)22)11-14-2-4-16(23)5-3-14/h2-9,12,17-19H,10-11,13H2,1H3/t17-,18?,19?,22-/m1/s1. The third-order valence-corrected chi connectivity index (χ3v) is 6.13. The Balaban J connectivity index is 1.36. The van der Waals surface area contributed by atoms with Crippen LogP contribution in [0.2, 0.25) is 0 Å². The van der Waals surface area contributed by atoms with Crippen molar-refractivity contribution in [2.45, 2.75) is 24.8 Å². The third-order valence-electron chi connectivity index (χ3n) is 6.13. The zero-order valence-electron chi connectivity index (χ0n) is 16.0. The molecule has 4 atom stereocenters. The molecule has 2 amide bonds. The monoisotopic (exact) mass is 396 g/mol. The Bertz CT molecular complexity index is 971. The van der Waals surface area contributed by atoms with Crippen LogP contribution in [0, 0.1) is 17.7 Å². The molecule has 1 aromatic carbocycles. The summed E-state index contributed by atoms with van der Waals surface area (Å²) in [6, 6.07) is 7.92. The van der Waals surface area contributed by atoms with Crippen LogP contribution in [0.25, 0.3) is 0 Å². The zero-order valence-corrected chi connectivity index (χ0v) is 16.0. The number of rotatable bonds is 5. The highest BCUT2D eigenvalue weighted by Crippen LogP contribution is 2.52. The highest BCUT2D eigenvalue weighted by Gasteiger charge is 2.67. The van der Waals surface area contributed by atoms with E-state index in [1.54, 1.807) is 41.5 Å². The van der Waals surface area contributed by atoms with Gasteiger partial charge in [0.15, 0.2) is 0 Å². The van der Waals surface area contributed by atoms with Crippen LogP contribution in [0.15, 0.2) is 59.4 Å². The fourth-order valence-corrected chi connectivity index (χ4v) is 4.79. The predicted molar refractivity (Wildman–Crippen MR) is 101 cm³/mol. The van der Waals surface area contributed by atoms with Crippen molar-refractivity contribution in [1.82, 2.24) is 9.80 Å². The van der Waals surface area contributed by atoms with Crippen molar-refractivity contribution in [2.75, 3.05) is 13.6 Å². The largest absolute Gasteiger partial charge is 0.472 e. The molecule has 3 aliphatic heterocycles. The molecule has 6 nitrogen and oxygen atoms in total. The summed E-state index contributed by atoms with van der Waals surface area (Å²) < 4.78 is 24.4. The van der Waals surface area contributed by atoms with Gasteiger partial charge < -0.3 is 19.0 Å². The van der Waals surface area contributed by atoms with Gasteiger partial charge in [0.2, 0.25) is 11.8 Å². The first-order valence-corrected chi connectivity index (χ1v) is 9.63. The second-order valence-electron chi connectivity index (χ2n) is 8.05. The van der Waals surface area contributed by atoms with Gasteiger partial charge in [-0.2, -0.15) is 0 Å². The lowest BCUT2D eigenvalue weighted by atomic mass is 9.76. The second-order valence-corrected chi connectivity index (χ2v) is 8.05. The quantitative estimate of drug-likeness (QED) is 0.728. The van der Waals surface area contributed by atoms with Gasteiger partial charge in [-0.25, -0.2) is 4.39 Å². The van der Waals surface area contributed by atoms with Crippen LogP contribution in [0.1, 0.15) is 11.1 Å². The van der Waals surface area contributed by atoms with Crippen molar-refractivity contribution < 1.29 is 23.1 Å². The van der Waals surface area contributed by atoms with Gasteiger partial charge in [0.25, 0.3) is 0 Å². The normalized spacial score (nSPS) is 29.5. The summed E-state index contributed by atoms with van der Waals surface area (Å²) >= 11 is 0. The predicted octanol–water partition coefficient (Wildman–Crippen LogP) is 2.36. The molecular formula is C22H21FN2O4. The lowest BCUT2D eigenvalue weighted by molar-refractivity contribution is -0.142. The average Bonchev–Trinajstić information content (AvgIpc) is 3.46. The number of amides is 2. The molecule has 2 bridgehead atoms. The maximum Gasteiger partial charge on any atom is 0.230 e. The van der Waals surface area contributed by atoms with Crippen LogP contribution in [-0.2, 0) is 27.4 Å². The summed E-state index contributed by atoms with van der Waals surface area (Å²) in [6.07, 6.45) is 6.63. The Morgan fingerprint density at radius 1 is 1.28 bits per heavy atom. The Labute approximate surface area is 167 Å². The highest BCUT2D eigenvalue weighted by molar-refractivity contribution is 5.93. The number of ether oxygens (including phenoxy) is 1. The molecule has 150 valence electrons. The number of nitrogens with zero attached hydrogens (tertiary/aromatic N) is 2. The molecule has 3 aliphatic rings. The number of benzene rings is 1. The van der Waals surface area contributed by atoms with E-state index in [2.05, 4.69) is 0 Å². The van der Waals surface area contributed by atoms with Crippen molar-refractivity contribution in [1.29, 1.82) is 0 Å². The minimum absolute atomic E-state index is 0.0868.